The average Bonchev–Trinajstić information content (AvgIpc) is 2.48. The molecule has 1 aromatic rings. The molecule has 1 aromatic carbocycles. The van der Waals surface area contributed by atoms with Crippen molar-refractivity contribution in [1.82, 2.24) is 4.90 Å². The van der Waals surface area contributed by atoms with E-state index < -0.39 is 0 Å². The van der Waals surface area contributed by atoms with Crippen LogP contribution in [-0.2, 0) is 4.79 Å². The van der Waals surface area contributed by atoms with Gasteiger partial charge in [-0.15, -0.1) is 5.11 Å². The number of rotatable bonds is 4. The Morgan fingerprint density at radius 2 is 1.68 bits per heavy atom. The number of ketones is 1. The Kier molecular flexibility index (Phi) is 5.27. The first-order chi connectivity index (χ1) is 10.5. The van der Waals surface area contributed by atoms with Crippen molar-refractivity contribution in [2.24, 2.45) is 10.2 Å². The van der Waals surface area contributed by atoms with E-state index in [1.165, 1.54) is 13.8 Å². The summed E-state index contributed by atoms with van der Waals surface area (Å²) in [6.45, 7) is 6.92. The maximum absolute atomic E-state index is 11.3. The van der Waals surface area contributed by atoms with Gasteiger partial charge in [-0.25, -0.2) is 0 Å². The number of aliphatic hydroxyl groups excluding tert-OH is 1. The molecule has 6 heteroatoms. The number of benzene rings is 1. The highest BCUT2D eigenvalue weighted by atomic mass is 16.3. The molecule has 1 aliphatic heterocycles. The number of aliphatic hydroxyl groups is 1. The molecule has 0 radical (unpaired) electrons. The van der Waals surface area contributed by atoms with Gasteiger partial charge in [0.2, 0.25) is 0 Å². The summed E-state index contributed by atoms with van der Waals surface area (Å²) >= 11 is 0. The van der Waals surface area contributed by atoms with Crippen LogP contribution in [0.25, 0.3) is 0 Å². The molecule has 0 bridgehead atoms. The zero-order valence-corrected chi connectivity index (χ0v) is 13.3. The van der Waals surface area contributed by atoms with Gasteiger partial charge >= 0.3 is 0 Å². The van der Waals surface area contributed by atoms with E-state index in [1.54, 1.807) is 0 Å². The fraction of sp³-hybridized carbons (Fsp3) is 0.438. The predicted octanol–water partition coefficient (Wildman–Crippen LogP) is 2.90. The molecule has 1 N–H and O–H groups in total. The van der Waals surface area contributed by atoms with Crippen molar-refractivity contribution in [3.05, 3.63) is 35.7 Å². The Morgan fingerprint density at radius 1 is 1.09 bits per heavy atom. The highest BCUT2D eigenvalue weighted by Crippen LogP contribution is 2.22. The van der Waals surface area contributed by atoms with E-state index in [1.807, 2.05) is 24.3 Å². The Bertz CT molecular complexity index is 581. The standard InChI is InChI=1S/C16H22N4O2/c1-12(21)16(13(2)22)18-17-14-4-6-15(7-5-14)20-10-8-19(3)9-11-20/h4-7,21H,8-11H2,1-3H3/b16-12+,18-17?. The lowest BCUT2D eigenvalue weighted by atomic mass is 10.2. The Morgan fingerprint density at radius 3 is 2.18 bits per heavy atom. The van der Waals surface area contributed by atoms with Gasteiger partial charge in [-0.3, -0.25) is 4.79 Å². The summed E-state index contributed by atoms with van der Waals surface area (Å²) in [7, 11) is 2.13. The highest BCUT2D eigenvalue weighted by Gasteiger charge is 2.14. The molecule has 6 nitrogen and oxygen atoms in total. The molecule has 0 unspecified atom stereocenters. The van der Waals surface area contributed by atoms with Crippen LogP contribution in [0.1, 0.15) is 13.8 Å². The summed E-state index contributed by atoms with van der Waals surface area (Å²) in [5.41, 5.74) is 1.80. The summed E-state index contributed by atoms with van der Waals surface area (Å²) in [5, 5.41) is 17.2. The van der Waals surface area contributed by atoms with Crippen molar-refractivity contribution >= 4 is 17.2 Å². The summed E-state index contributed by atoms with van der Waals surface area (Å²) < 4.78 is 0. The lowest BCUT2D eigenvalue weighted by molar-refractivity contribution is -0.113. The van der Waals surface area contributed by atoms with Crippen molar-refractivity contribution in [3.8, 4) is 0 Å². The van der Waals surface area contributed by atoms with Crippen LogP contribution in [-0.4, -0.2) is 49.0 Å². The Balaban J connectivity index is 2.06. The second kappa shape index (κ2) is 7.17. The number of allylic oxidation sites excluding steroid dienone is 2. The zero-order chi connectivity index (χ0) is 16.1. The number of piperazine rings is 1. The van der Waals surface area contributed by atoms with Crippen molar-refractivity contribution in [2.75, 3.05) is 38.1 Å². The number of azo groups is 1. The number of anilines is 1. The number of hydrogen-bond acceptors (Lipinski definition) is 6. The normalized spacial score (nSPS) is 17.7. The summed E-state index contributed by atoms with van der Waals surface area (Å²) in [4.78, 5) is 16.0. The molecule has 0 saturated carbocycles. The van der Waals surface area contributed by atoms with Gasteiger partial charge in [-0.05, 0) is 38.2 Å². The average molecular weight is 302 g/mol. The predicted molar refractivity (Wildman–Crippen MR) is 86.7 cm³/mol. The molecule has 0 aliphatic carbocycles. The Labute approximate surface area is 130 Å². The number of Topliss-reactive ketones (excluding diaryl/α,β-unsaturated/α-hetero) is 1. The van der Waals surface area contributed by atoms with E-state index in [4.69, 9.17) is 0 Å². The molecule has 118 valence electrons. The minimum atomic E-state index is -0.308. The molecule has 0 atom stereocenters. The molecule has 0 spiro atoms. The Hall–Kier alpha value is -2.21. The van der Waals surface area contributed by atoms with Crippen LogP contribution in [0.5, 0.6) is 0 Å². The molecule has 1 aliphatic rings. The van der Waals surface area contributed by atoms with Crippen molar-refractivity contribution in [1.29, 1.82) is 0 Å². The highest BCUT2D eigenvalue weighted by molar-refractivity contribution is 5.93. The first-order valence-corrected chi connectivity index (χ1v) is 7.33. The van der Waals surface area contributed by atoms with Crippen molar-refractivity contribution in [3.63, 3.8) is 0 Å². The SMILES string of the molecule is CC(=O)/C(N=Nc1ccc(N2CCN(C)CC2)cc1)=C(/C)O. The van der Waals surface area contributed by atoms with Crippen LogP contribution in [0.4, 0.5) is 11.4 Å². The number of likely N-dealkylation sites (N-methyl/N-ethyl adjacent to an activating group) is 1. The largest absolute Gasteiger partial charge is 0.510 e. The topological polar surface area (TPSA) is 68.5 Å². The summed E-state index contributed by atoms with van der Waals surface area (Å²) in [6.07, 6.45) is 0. The third-order valence-electron chi connectivity index (χ3n) is 3.66. The smallest absolute Gasteiger partial charge is 0.183 e. The minimum Gasteiger partial charge on any atom is -0.510 e. The van der Waals surface area contributed by atoms with Gasteiger partial charge in [0, 0.05) is 38.8 Å². The molecule has 1 heterocycles. The fourth-order valence-electron chi connectivity index (χ4n) is 2.30. The lowest BCUT2D eigenvalue weighted by Crippen LogP contribution is -2.44. The summed E-state index contributed by atoms with van der Waals surface area (Å²) in [6, 6.07) is 7.73. The minimum absolute atomic E-state index is 0.0110. The van der Waals surface area contributed by atoms with Gasteiger partial charge in [0.15, 0.2) is 11.5 Å². The van der Waals surface area contributed by atoms with Gasteiger partial charge in [0.25, 0.3) is 0 Å². The molecule has 0 aromatic heterocycles. The van der Waals surface area contributed by atoms with Crippen molar-refractivity contribution in [2.45, 2.75) is 13.8 Å². The first-order valence-electron chi connectivity index (χ1n) is 7.33. The van der Waals surface area contributed by atoms with E-state index in [0.29, 0.717) is 5.69 Å². The first kappa shape index (κ1) is 16.2. The number of carbonyl (C=O) groups excluding carboxylic acids is 1. The van der Waals surface area contributed by atoms with Gasteiger partial charge in [0.05, 0.1) is 5.69 Å². The molecule has 22 heavy (non-hydrogen) atoms. The van der Waals surface area contributed by atoms with Gasteiger partial charge in [-0.2, -0.15) is 5.11 Å². The maximum Gasteiger partial charge on any atom is 0.183 e. The fourth-order valence-corrected chi connectivity index (χ4v) is 2.30. The van der Waals surface area contributed by atoms with Gasteiger partial charge in [-0.1, -0.05) is 0 Å². The van der Waals surface area contributed by atoms with Gasteiger partial charge in [0.1, 0.15) is 5.76 Å². The molecule has 1 fully saturated rings. The molecular weight excluding hydrogens is 280 g/mol. The van der Waals surface area contributed by atoms with Crippen molar-refractivity contribution < 1.29 is 9.90 Å². The maximum atomic E-state index is 11.3. The summed E-state index contributed by atoms with van der Waals surface area (Å²) in [5.74, 6) is -0.428. The van der Waals surface area contributed by atoms with Crippen LogP contribution >= 0.6 is 0 Å². The van der Waals surface area contributed by atoms with Crippen LogP contribution < -0.4 is 4.90 Å². The molecule has 1 saturated heterocycles. The number of nitrogens with zero attached hydrogens (tertiary/aromatic N) is 4. The van der Waals surface area contributed by atoms with E-state index in [0.717, 1.165) is 31.9 Å². The van der Waals surface area contributed by atoms with E-state index in [2.05, 4.69) is 27.1 Å². The quantitative estimate of drug-likeness (QED) is 0.527. The third kappa shape index (κ3) is 4.14. The van der Waals surface area contributed by atoms with Gasteiger partial charge < -0.3 is 14.9 Å². The van der Waals surface area contributed by atoms with E-state index in [9.17, 15) is 9.90 Å². The van der Waals surface area contributed by atoms with E-state index in [-0.39, 0.29) is 17.2 Å². The van der Waals surface area contributed by atoms with Crippen LogP contribution in [0.15, 0.2) is 46.0 Å². The monoisotopic (exact) mass is 302 g/mol. The number of hydrogen-bond donors (Lipinski definition) is 1. The number of carbonyl (C=O) groups is 1. The second-order valence-electron chi connectivity index (χ2n) is 5.50. The third-order valence-corrected chi connectivity index (χ3v) is 3.66. The molecular formula is C16H22N4O2. The zero-order valence-electron chi connectivity index (χ0n) is 13.3. The van der Waals surface area contributed by atoms with Crippen LogP contribution in [0.3, 0.4) is 0 Å². The lowest BCUT2D eigenvalue weighted by Gasteiger charge is -2.34. The molecule has 2 rings (SSSR count). The molecule has 0 amide bonds. The van der Waals surface area contributed by atoms with Crippen LogP contribution in [0.2, 0.25) is 0 Å². The second-order valence-corrected chi connectivity index (χ2v) is 5.50. The van der Waals surface area contributed by atoms with E-state index >= 15 is 0 Å². The van der Waals surface area contributed by atoms with Crippen LogP contribution in [0, 0.1) is 0 Å².